The van der Waals surface area contributed by atoms with Gasteiger partial charge in [0.05, 0.1) is 6.16 Å². The highest BCUT2D eigenvalue weighted by atomic mass is 127. The summed E-state index contributed by atoms with van der Waals surface area (Å²) in [6, 6.07) is 33.9. The van der Waals surface area contributed by atoms with E-state index in [1.54, 1.807) is 5.57 Å². The number of halogens is 1. The van der Waals surface area contributed by atoms with Gasteiger partial charge in [-0.05, 0) is 74.4 Å². The summed E-state index contributed by atoms with van der Waals surface area (Å²) >= 11 is 0. The summed E-state index contributed by atoms with van der Waals surface area (Å²) < 4.78 is 0. The minimum atomic E-state index is -1.71. The topological polar surface area (TPSA) is 0 Å². The van der Waals surface area contributed by atoms with Crippen LogP contribution in [0.25, 0.3) is 0 Å². The molecule has 1 aliphatic carbocycles. The van der Waals surface area contributed by atoms with Gasteiger partial charge in [0.15, 0.2) is 0 Å². The summed E-state index contributed by atoms with van der Waals surface area (Å²) in [7, 11) is -1.71. The molecule has 0 heterocycles. The Hall–Kier alpha value is -1.44. The zero-order valence-electron chi connectivity index (χ0n) is 18.0. The molecule has 4 rings (SSSR count). The molecule has 0 saturated heterocycles. The van der Waals surface area contributed by atoms with E-state index in [0.29, 0.717) is 5.92 Å². The zero-order chi connectivity index (χ0) is 20.1. The van der Waals surface area contributed by atoms with E-state index >= 15 is 0 Å². The predicted octanol–water partition coefficient (Wildman–Crippen LogP) is 3.37. The molecule has 2 heteroatoms. The van der Waals surface area contributed by atoms with Crippen LogP contribution in [-0.4, -0.2) is 6.16 Å². The number of allylic oxidation sites excluding steroid dienone is 2. The van der Waals surface area contributed by atoms with E-state index in [2.05, 4.69) is 111 Å². The maximum Gasteiger partial charge on any atom is 0.112 e. The van der Waals surface area contributed by atoms with Crippen molar-refractivity contribution in [2.45, 2.75) is 33.1 Å². The van der Waals surface area contributed by atoms with Crippen molar-refractivity contribution in [1.82, 2.24) is 0 Å². The zero-order valence-corrected chi connectivity index (χ0v) is 21.1. The Balaban J connectivity index is 0.00000256. The SMILES string of the molecule is CC1=CC[C@H](C(C)C[P+](c2ccccc2)(c2ccccc2)c2ccccc2)CC1.[I-]. The van der Waals surface area contributed by atoms with Crippen LogP contribution in [0.5, 0.6) is 0 Å². The number of hydrogen-bond donors (Lipinski definition) is 0. The highest BCUT2D eigenvalue weighted by Crippen LogP contribution is 2.57. The van der Waals surface area contributed by atoms with Crippen LogP contribution >= 0.6 is 7.26 Å². The van der Waals surface area contributed by atoms with Gasteiger partial charge in [0.25, 0.3) is 0 Å². The maximum absolute atomic E-state index is 2.50. The molecule has 0 nitrogen and oxygen atoms in total. The van der Waals surface area contributed by atoms with Crippen molar-refractivity contribution in [2.75, 3.05) is 6.16 Å². The largest absolute Gasteiger partial charge is 1.00 e. The van der Waals surface area contributed by atoms with Crippen LogP contribution in [0.2, 0.25) is 0 Å². The molecule has 0 bridgehead atoms. The summed E-state index contributed by atoms with van der Waals surface area (Å²) in [5.41, 5.74) is 1.57. The van der Waals surface area contributed by atoms with E-state index < -0.39 is 7.26 Å². The van der Waals surface area contributed by atoms with Gasteiger partial charge in [0.2, 0.25) is 0 Å². The lowest BCUT2D eigenvalue weighted by Gasteiger charge is -2.33. The summed E-state index contributed by atoms with van der Waals surface area (Å²) in [4.78, 5) is 0. The summed E-state index contributed by atoms with van der Waals surface area (Å²) in [5.74, 6) is 1.47. The second-order valence-electron chi connectivity index (χ2n) is 8.56. The van der Waals surface area contributed by atoms with Crippen molar-refractivity contribution < 1.29 is 24.0 Å². The monoisotopic (exact) mass is 526 g/mol. The molecule has 156 valence electrons. The Bertz CT molecular complexity index is 837. The molecule has 0 aliphatic heterocycles. The molecule has 0 radical (unpaired) electrons. The van der Waals surface area contributed by atoms with Gasteiger partial charge in [-0.15, -0.1) is 0 Å². The van der Waals surface area contributed by atoms with Crippen molar-refractivity contribution in [3.63, 3.8) is 0 Å². The fourth-order valence-electron chi connectivity index (χ4n) is 4.89. The number of hydrogen-bond acceptors (Lipinski definition) is 0. The van der Waals surface area contributed by atoms with Crippen LogP contribution in [-0.2, 0) is 0 Å². The average molecular weight is 526 g/mol. The lowest BCUT2D eigenvalue weighted by Crippen LogP contribution is -3.00. The van der Waals surface area contributed by atoms with Gasteiger partial charge in [-0.3, -0.25) is 0 Å². The molecule has 0 spiro atoms. The van der Waals surface area contributed by atoms with Crippen LogP contribution in [0.15, 0.2) is 103 Å². The Labute approximate surface area is 200 Å². The molecule has 1 aliphatic rings. The van der Waals surface area contributed by atoms with Gasteiger partial charge in [0.1, 0.15) is 23.2 Å². The van der Waals surface area contributed by atoms with Crippen LogP contribution in [0.3, 0.4) is 0 Å². The number of benzene rings is 3. The van der Waals surface area contributed by atoms with Gasteiger partial charge < -0.3 is 24.0 Å². The fourth-order valence-corrected chi connectivity index (χ4v) is 9.63. The van der Waals surface area contributed by atoms with Crippen molar-refractivity contribution in [3.8, 4) is 0 Å². The van der Waals surface area contributed by atoms with Crippen molar-refractivity contribution in [3.05, 3.63) is 103 Å². The minimum absolute atomic E-state index is 0. The minimum Gasteiger partial charge on any atom is -1.00 e. The van der Waals surface area contributed by atoms with Crippen molar-refractivity contribution in [2.24, 2.45) is 11.8 Å². The van der Waals surface area contributed by atoms with Crippen LogP contribution in [0.4, 0.5) is 0 Å². The maximum atomic E-state index is 2.50. The first kappa shape index (κ1) is 23.2. The molecular formula is C28H32IP. The molecule has 30 heavy (non-hydrogen) atoms. The Kier molecular flexibility index (Phi) is 8.31. The highest BCUT2D eigenvalue weighted by Gasteiger charge is 2.47. The average Bonchev–Trinajstić information content (AvgIpc) is 2.79. The lowest BCUT2D eigenvalue weighted by atomic mass is 9.83. The van der Waals surface area contributed by atoms with Gasteiger partial charge >= 0.3 is 0 Å². The third-order valence-electron chi connectivity index (χ3n) is 6.64. The second-order valence-corrected chi connectivity index (χ2v) is 12.1. The normalized spacial score (nSPS) is 17.5. The summed E-state index contributed by atoms with van der Waals surface area (Å²) in [6.07, 6.45) is 7.57. The Morgan fingerprint density at radius 1 is 0.767 bits per heavy atom. The van der Waals surface area contributed by atoms with E-state index in [1.165, 1.54) is 41.3 Å². The van der Waals surface area contributed by atoms with Gasteiger partial charge in [-0.1, -0.05) is 73.2 Å². The first-order chi connectivity index (χ1) is 14.2. The molecule has 0 fully saturated rings. The highest BCUT2D eigenvalue weighted by molar-refractivity contribution is 7.95. The van der Waals surface area contributed by atoms with Gasteiger partial charge in [-0.2, -0.15) is 0 Å². The van der Waals surface area contributed by atoms with E-state index in [0.717, 1.165) is 5.92 Å². The van der Waals surface area contributed by atoms with Gasteiger partial charge in [-0.25, -0.2) is 0 Å². The number of rotatable bonds is 6. The van der Waals surface area contributed by atoms with E-state index in [9.17, 15) is 0 Å². The standard InChI is InChI=1S/C28H32P.HI/c1-23-18-20-25(21-19-23)24(2)22-29(26-12-6-3-7-13-26,27-14-8-4-9-15-27)28-16-10-5-11-17-28;/h3-18,24-25H,19-22H2,1-2H3;1H/q+1;/p-1/t24?,25-;/m0./s1. The van der Waals surface area contributed by atoms with Crippen LogP contribution in [0, 0.1) is 11.8 Å². The van der Waals surface area contributed by atoms with Crippen LogP contribution < -0.4 is 39.9 Å². The van der Waals surface area contributed by atoms with Crippen LogP contribution in [0.1, 0.15) is 33.1 Å². The summed E-state index contributed by atoms with van der Waals surface area (Å²) in [6.45, 7) is 4.79. The molecular weight excluding hydrogens is 494 g/mol. The molecule has 0 saturated carbocycles. The lowest BCUT2D eigenvalue weighted by molar-refractivity contribution is -0.00000587. The smallest absolute Gasteiger partial charge is 0.112 e. The molecule has 0 aromatic heterocycles. The van der Waals surface area contributed by atoms with Crippen molar-refractivity contribution in [1.29, 1.82) is 0 Å². The third kappa shape index (κ3) is 4.89. The second kappa shape index (κ2) is 10.7. The van der Waals surface area contributed by atoms with Crippen molar-refractivity contribution >= 4 is 23.2 Å². The van der Waals surface area contributed by atoms with E-state index in [4.69, 9.17) is 0 Å². The first-order valence-corrected chi connectivity index (χ1v) is 12.9. The molecule has 0 N–H and O–H groups in total. The Morgan fingerprint density at radius 3 is 1.57 bits per heavy atom. The van der Waals surface area contributed by atoms with E-state index in [-0.39, 0.29) is 24.0 Å². The first-order valence-electron chi connectivity index (χ1n) is 10.9. The Morgan fingerprint density at radius 2 is 1.20 bits per heavy atom. The molecule has 1 unspecified atom stereocenters. The predicted molar refractivity (Wildman–Crippen MR) is 130 cm³/mol. The van der Waals surface area contributed by atoms with E-state index in [1.807, 2.05) is 0 Å². The van der Waals surface area contributed by atoms with Gasteiger partial charge in [0, 0.05) is 0 Å². The third-order valence-corrected chi connectivity index (χ3v) is 11.3. The summed E-state index contributed by atoms with van der Waals surface area (Å²) in [5, 5.41) is 4.52. The quantitative estimate of drug-likeness (QED) is 0.263. The molecule has 2 atom stereocenters. The molecule has 0 amide bonds. The fraction of sp³-hybridized carbons (Fsp3) is 0.286. The molecule has 3 aromatic rings. The molecule has 3 aromatic carbocycles.